The van der Waals surface area contributed by atoms with Crippen LogP contribution in [0.1, 0.15) is 6.42 Å². The van der Waals surface area contributed by atoms with Crippen molar-refractivity contribution in [3.63, 3.8) is 0 Å². The van der Waals surface area contributed by atoms with Crippen LogP contribution in [-0.4, -0.2) is 19.6 Å². The van der Waals surface area contributed by atoms with Gasteiger partial charge in [-0.05, 0) is 0 Å². The minimum Gasteiger partial charge on any atom is -0.491 e. The van der Waals surface area contributed by atoms with E-state index in [4.69, 9.17) is 16.3 Å². The number of carbonyl (C=O) groups excluding carboxylic acids is 1. The van der Waals surface area contributed by atoms with Gasteiger partial charge in [0.2, 0.25) is 5.91 Å². The number of nitrogens with zero attached hydrogens (tertiary/aromatic N) is 1. The lowest BCUT2D eigenvalue weighted by molar-refractivity contribution is -0.118. The highest BCUT2D eigenvalue weighted by atomic mass is 35.5. The number of fused-ring (bicyclic) bond motifs is 1. The second-order valence-electron chi connectivity index (χ2n) is 3.29. The molecule has 0 saturated heterocycles. The zero-order valence-corrected chi connectivity index (χ0v) is 8.84. The molecule has 3 nitrogen and oxygen atoms in total. The molecule has 2 rings (SSSR count). The first-order valence-electron chi connectivity index (χ1n) is 4.48. The number of benzene rings is 1. The maximum atomic E-state index is 13.2. The molecule has 0 N–H and O–H groups in total. The highest BCUT2D eigenvalue weighted by Crippen LogP contribution is 2.34. The Balaban J connectivity index is 2.54. The van der Waals surface area contributed by atoms with E-state index in [-0.39, 0.29) is 24.0 Å². The molecule has 0 atom stereocenters. The number of hydrogen-bond acceptors (Lipinski definition) is 2. The molecule has 0 unspecified atom stereocenters. The minimum atomic E-state index is -0.555. The Hall–Kier alpha value is -1.29. The Kier molecular flexibility index (Phi) is 2.52. The SMILES string of the molecule is CN1C(=O)CCOc2cc(Cl)c(F)cc21. The number of hydrogen-bond donors (Lipinski definition) is 0. The van der Waals surface area contributed by atoms with Gasteiger partial charge in [0.15, 0.2) is 0 Å². The number of carbonyl (C=O) groups is 1. The number of anilines is 1. The van der Waals surface area contributed by atoms with Gasteiger partial charge in [-0.3, -0.25) is 4.79 Å². The summed E-state index contributed by atoms with van der Waals surface area (Å²) in [5.41, 5.74) is 0.416. The summed E-state index contributed by atoms with van der Waals surface area (Å²) in [6, 6.07) is 2.60. The average Bonchev–Trinajstić information content (AvgIpc) is 2.32. The third-order valence-electron chi connectivity index (χ3n) is 2.31. The Morgan fingerprint density at radius 2 is 2.27 bits per heavy atom. The second-order valence-corrected chi connectivity index (χ2v) is 3.69. The van der Waals surface area contributed by atoms with Gasteiger partial charge in [0, 0.05) is 19.2 Å². The summed E-state index contributed by atoms with van der Waals surface area (Å²) in [5.74, 6) is -0.217. The normalized spacial score (nSPS) is 15.7. The van der Waals surface area contributed by atoms with E-state index in [1.54, 1.807) is 7.05 Å². The first kappa shape index (κ1) is 10.2. The van der Waals surface area contributed by atoms with Crippen LogP contribution in [0.4, 0.5) is 10.1 Å². The lowest BCUT2D eigenvalue weighted by atomic mass is 10.2. The smallest absolute Gasteiger partial charge is 0.230 e. The van der Waals surface area contributed by atoms with Crippen molar-refractivity contribution in [1.82, 2.24) is 0 Å². The van der Waals surface area contributed by atoms with Crippen molar-refractivity contribution in [1.29, 1.82) is 0 Å². The van der Waals surface area contributed by atoms with Gasteiger partial charge in [0.25, 0.3) is 0 Å². The highest BCUT2D eigenvalue weighted by Gasteiger charge is 2.21. The minimum absolute atomic E-state index is 0.00324. The molecule has 0 aromatic heterocycles. The van der Waals surface area contributed by atoms with Gasteiger partial charge in [0.1, 0.15) is 11.6 Å². The standard InChI is InChI=1S/C10H9ClFNO2/c1-13-8-5-7(12)6(11)4-9(8)15-3-2-10(13)14/h4-5H,2-3H2,1H3. The Morgan fingerprint density at radius 1 is 1.53 bits per heavy atom. The number of ether oxygens (including phenoxy) is 1. The van der Waals surface area contributed by atoms with E-state index in [0.29, 0.717) is 11.4 Å². The van der Waals surface area contributed by atoms with Crippen LogP contribution < -0.4 is 9.64 Å². The summed E-state index contributed by atoms with van der Waals surface area (Å²) in [7, 11) is 1.59. The molecule has 1 aromatic carbocycles. The van der Waals surface area contributed by atoms with Crippen LogP contribution in [0.5, 0.6) is 5.75 Å². The van der Waals surface area contributed by atoms with Crippen LogP contribution in [0.25, 0.3) is 0 Å². The topological polar surface area (TPSA) is 29.5 Å². The van der Waals surface area contributed by atoms with E-state index in [2.05, 4.69) is 0 Å². The van der Waals surface area contributed by atoms with Crippen molar-refractivity contribution in [3.8, 4) is 5.75 Å². The molecule has 1 aromatic rings. The monoisotopic (exact) mass is 229 g/mol. The van der Waals surface area contributed by atoms with Crippen LogP contribution >= 0.6 is 11.6 Å². The van der Waals surface area contributed by atoms with Gasteiger partial charge < -0.3 is 9.64 Å². The molecular weight excluding hydrogens is 221 g/mol. The number of amides is 1. The fraction of sp³-hybridized carbons (Fsp3) is 0.300. The highest BCUT2D eigenvalue weighted by molar-refractivity contribution is 6.31. The number of rotatable bonds is 0. The molecule has 0 spiro atoms. The Morgan fingerprint density at radius 3 is 3.00 bits per heavy atom. The van der Waals surface area contributed by atoms with Gasteiger partial charge in [-0.1, -0.05) is 11.6 Å². The third kappa shape index (κ3) is 1.77. The van der Waals surface area contributed by atoms with Gasteiger partial charge in [-0.15, -0.1) is 0 Å². The van der Waals surface area contributed by atoms with E-state index in [9.17, 15) is 9.18 Å². The molecule has 80 valence electrons. The molecular formula is C10H9ClFNO2. The Labute approximate surface area is 91.4 Å². The summed E-state index contributed by atoms with van der Waals surface area (Å²) in [4.78, 5) is 12.8. The molecule has 1 heterocycles. The number of halogens is 2. The molecule has 0 radical (unpaired) electrons. The van der Waals surface area contributed by atoms with Crippen LogP contribution in [0, 0.1) is 5.82 Å². The predicted molar refractivity (Wildman–Crippen MR) is 54.9 cm³/mol. The zero-order chi connectivity index (χ0) is 11.0. The summed E-state index contributed by atoms with van der Waals surface area (Å²) in [6.07, 6.45) is 0.282. The first-order chi connectivity index (χ1) is 7.09. The van der Waals surface area contributed by atoms with E-state index < -0.39 is 5.82 Å². The van der Waals surface area contributed by atoms with Gasteiger partial charge in [0.05, 0.1) is 23.7 Å². The maximum absolute atomic E-state index is 13.2. The quantitative estimate of drug-likeness (QED) is 0.683. The molecule has 1 aliphatic heterocycles. The Bertz CT molecular complexity index is 422. The molecule has 0 saturated carbocycles. The van der Waals surface area contributed by atoms with Crippen LogP contribution in [-0.2, 0) is 4.79 Å². The predicted octanol–water partition coefficient (Wildman–Crippen LogP) is 2.22. The summed E-state index contributed by atoms with van der Waals surface area (Å²) < 4.78 is 18.5. The largest absolute Gasteiger partial charge is 0.491 e. The van der Waals surface area contributed by atoms with E-state index in [1.165, 1.54) is 17.0 Å². The van der Waals surface area contributed by atoms with Crippen molar-refractivity contribution < 1.29 is 13.9 Å². The molecule has 1 aliphatic rings. The molecule has 0 aliphatic carbocycles. The second kappa shape index (κ2) is 3.70. The van der Waals surface area contributed by atoms with Crippen LogP contribution in [0.3, 0.4) is 0 Å². The van der Waals surface area contributed by atoms with Crippen LogP contribution in [0.15, 0.2) is 12.1 Å². The molecule has 0 bridgehead atoms. The van der Waals surface area contributed by atoms with Gasteiger partial charge >= 0.3 is 0 Å². The van der Waals surface area contributed by atoms with Crippen molar-refractivity contribution in [2.75, 3.05) is 18.6 Å². The van der Waals surface area contributed by atoms with Crippen LogP contribution in [0.2, 0.25) is 5.02 Å². The van der Waals surface area contributed by atoms with Crippen molar-refractivity contribution in [2.24, 2.45) is 0 Å². The van der Waals surface area contributed by atoms with Crippen molar-refractivity contribution in [2.45, 2.75) is 6.42 Å². The van der Waals surface area contributed by atoms with E-state index in [0.717, 1.165) is 0 Å². The first-order valence-corrected chi connectivity index (χ1v) is 4.86. The van der Waals surface area contributed by atoms with Gasteiger partial charge in [-0.25, -0.2) is 4.39 Å². The zero-order valence-electron chi connectivity index (χ0n) is 8.09. The summed E-state index contributed by atoms with van der Waals surface area (Å²) in [5, 5.41) is -0.00324. The summed E-state index contributed by atoms with van der Waals surface area (Å²) >= 11 is 5.62. The maximum Gasteiger partial charge on any atom is 0.230 e. The van der Waals surface area contributed by atoms with Crippen molar-refractivity contribution in [3.05, 3.63) is 23.0 Å². The average molecular weight is 230 g/mol. The fourth-order valence-electron chi connectivity index (χ4n) is 1.45. The molecule has 1 amide bonds. The lowest BCUT2D eigenvalue weighted by Gasteiger charge is -2.16. The molecule has 5 heteroatoms. The summed E-state index contributed by atoms with van der Waals surface area (Å²) in [6.45, 7) is 0.290. The lowest BCUT2D eigenvalue weighted by Crippen LogP contribution is -2.25. The van der Waals surface area contributed by atoms with Gasteiger partial charge in [-0.2, -0.15) is 0 Å². The molecule has 15 heavy (non-hydrogen) atoms. The van der Waals surface area contributed by atoms with E-state index >= 15 is 0 Å². The fourth-order valence-corrected chi connectivity index (χ4v) is 1.60. The van der Waals surface area contributed by atoms with E-state index in [1.807, 2.05) is 0 Å². The van der Waals surface area contributed by atoms with Crippen molar-refractivity contribution >= 4 is 23.2 Å². The third-order valence-corrected chi connectivity index (χ3v) is 2.60. The molecule has 0 fully saturated rings.